The zero-order valence-electron chi connectivity index (χ0n) is 42.1. The normalized spacial score (nSPS) is 12.2. The van der Waals surface area contributed by atoms with Crippen molar-refractivity contribution in [3.8, 4) is 0 Å². The molecule has 1 unspecified atom stereocenters. The first kappa shape index (κ1) is 60.6. The van der Waals surface area contributed by atoms with Gasteiger partial charge in [0.1, 0.15) is 13.2 Å². The molecular formula is C57H104O6. The van der Waals surface area contributed by atoms with E-state index in [0.717, 1.165) is 83.5 Å². The van der Waals surface area contributed by atoms with Crippen LogP contribution < -0.4 is 0 Å². The van der Waals surface area contributed by atoms with Crippen molar-refractivity contribution in [2.24, 2.45) is 0 Å². The number of esters is 3. The van der Waals surface area contributed by atoms with Gasteiger partial charge in [-0.1, -0.05) is 237 Å². The number of hydrogen-bond donors (Lipinski definition) is 0. The molecule has 6 heteroatoms. The third-order valence-corrected chi connectivity index (χ3v) is 12.1. The van der Waals surface area contributed by atoms with Crippen LogP contribution in [0.5, 0.6) is 0 Å². The van der Waals surface area contributed by atoms with Crippen molar-refractivity contribution >= 4 is 17.9 Å². The quantitative estimate of drug-likeness (QED) is 0.0262. The second-order valence-corrected chi connectivity index (χ2v) is 18.5. The van der Waals surface area contributed by atoms with E-state index in [9.17, 15) is 14.4 Å². The molecule has 0 aromatic heterocycles. The van der Waals surface area contributed by atoms with Crippen molar-refractivity contribution in [1.82, 2.24) is 0 Å². The average molecular weight is 885 g/mol. The fourth-order valence-electron chi connectivity index (χ4n) is 8.01. The van der Waals surface area contributed by atoms with Gasteiger partial charge in [-0.15, -0.1) is 0 Å². The SMILES string of the molecule is CC/C=C\C/C=C\CCCCCCCCCC(=O)OC(COC(=O)CCCCCCC/C=C\CCCCC)COC(=O)CCCCCCCCCCCCCCCCCCCCC. The van der Waals surface area contributed by atoms with Gasteiger partial charge in [0.05, 0.1) is 0 Å². The molecule has 0 aromatic carbocycles. The number of carbonyl (C=O) groups is 3. The van der Waals surface area contributed by atoms with E-state index in [1.807, 2.05) is 0 Å². The Hall–Kier alpha value is -2.37. The zero-order valence-corrected chi connectivity index (χ0v) is 42.1. The minimum absolute atomic E-state index is 0.0747. The van der Waals surface area contributed by atoms with E-state index in [4.69, 9.17) is 14.2 Å². The molecule has 0 aliphatic carbocycles. The van der Waals surface area contributed by atoms with Crippen molar-refractivity contribution in [2.45, 2.75) is 297 Å². The van der Waals surface area contributed by atoms with Crippen LogP contribution in [0.2, 0.25) is 0 Å². The van der Waals surface area contributed by atoms with E-state index >= 15 is 0 Å². The van der Waals surface area contributed by atoms with Gasteiger partial charge in [-0.2, -0.15) is 0 Å². The number of carbonyl (C=O) groups excluding carboxylic acids is 3. The summed E-state index contributed by atoms with van der Waals surface area (Å²) in [7, 11) is 0. The second kappa shape index (κ2) is 52.3. The Morgan fingerprint density at radius 1 is 0.333 bits per heavy atom. The molecule has 1 atom stereocenters. The number of hydrogen-bond acceptors (Lipinski definition) is 6. The van der Waals surface area contributed by atoms with E-state index in [1.54, 1.807) is 0 Å². The molecule has 0 saturated heterocycles. The summed E-state index contributed by atoms with van der Waals surface area (Å²) in [6.45, 7) is 6.53. The second-order valence-electron chi connectivity index (χ2n) is 18.5. The Kier molecular flexibility index (Phi) is 50.3. The first-order valence-electron chi connectivity index (χ1n) is 27.5. The Morgan fingerprint density at radius 3 is 1.00 bits per heavy atom. The molecule has 0 rings (SSSR count). The highest BCUT2D eigenvalue weighted by Gasteiger charge is 2.19. The molecule has 63 heavy (non-hydrogen) atoms. The lowest BCUT2D eigenvalue weighted by Crippen LogP contribution is -2.30. The molecule has 0 N–H and O–H groups in total. The summed E-state index contributed by atoms with van der Waals surface area (Å²) < 4.78 is 16.8. The van der Waals surface area contributed by atoms with Crippen LogP contribution in [-0.2, 0) is 28.6 Å². The summed E-state index contributed by atoms with van der Waals surface area (Å²) in [4.78, 5) is 38.0. The van der Waals surface area contributed by atoms with Gasteiger partial charge in [-0.3, -0.25) is 14.4 Å². The largest absolute Gasteiger partial charge is 0.462 e. The molecule has 0 aliphatic rings. The molecule has 0 aromatic rings. The molecule has 0 bridgehead atoms. The van der Waals surface area contributed by atoms with Crippen molar-refractivity contribution in [2.75, 3.05) is 13.2 Å². The van der Waals surface area contributed by atoms with Crippen LogP contribution in [0, 0.1) is 0 Å². The maximum atomic E-state index is 12.8. The molecule has 0 saturated carbocycles. The highest BCUT2D eigenvalue weighted by Crippen LogP contribution is 2.16. The molecule has 0 radical (unpaired) electrons. The maximum absolute atomic E-state index is 12.8. The molecule has 0 heterocycles. The van der Waals surface area contributed by atoms with Crippen molar-refractivity contribution in [3.05, 3.63) is 36.5 Å². The minimum atomic E-state index is -0.776. The Bertz CT molecular complexity index is 1060. The minimum Gasteiger partial charge on any atom is -0.462 e. The third kappa shape index (κ3) is 50.5. The monoisotopic (exact) mass is 885 g/mol. The first-order chi connectivity index (χ1) is 31.0. The van der Waals surface area contributed by atoms with E-state index in [1.165, 1.54) is 167 Å². The summed E-state index contributed by atoms with van der Waals surface area (Å²) in [5.41, 5.74) is 0. The lowest BCUT2D eigenvalue weighted by molar-refractivity contribution is -0.167. The van der Waals surface area contributed by atoms with E-state index in [-0.39, 0.29) is 31.1 Å². The molecule has 0 aliphatic heterocycles. The molecule has 0 spiro atoms. The number of ether oxygens (including phenoxy) is 3. The van der Waals surface area contributed by atoms with Gasteiger partial charge in [0.25, 0.3) is 0 Å². The third-order valence-electron chi connectivity index (χ3n) is 12.1. The van der Waals surface area contributed by atoms with Crippen LogP contribution in [0.1, 0.15) is 290 Å². The highest BCUT2D eigenvalue weighted by atomic mass is 16.6. The average Bonchev–Trinajstić information content (AvgIpc) is 3.28. The van der Waals surface area contributed by atoms with Gasteiger partial charge in [0.2, 0.25) is 0 Å². The van der Waals surface area contributed by atoms with Gasteiger partial charge in [0.15, 0.2) is 6.10 Å². The van der Waals surface area contributed by atoms with Crippen molar-refractivity contribution in [1.29, 1.82) is 0 Å². The van der Waals surface area contributed by atoms with E-state index in [0.29, 0.717) is 19.3 Å². The summed E-state index contributed by atoms with van der Waals surface area (Å²) >= 11 is 0. The van der Waals surface area contributed by atoms with Gasteiger partial charge in [0, 0.05) is 19.3 Å². The van der Waals surface area contributed by atoms with Crippen molar-refractivity contribution in [3.63, 3.8) is 0 Å². The molecule has 0 fully saturated rings. The molecule has 0 amide bonds. The van der Waals surface area contributed by atoms with Crippen LogP contribution in [0.15, 0.2) is 36.5 Å². The smallest absolute Gasteiger partial charge is 0.306 e. The van der Waals surface area contributed by atoms with Crippen LogP contribution in [-0.4, -0.2) is 37.2 Å². The topological polar surface area (TPSA) is 78.9 Å². The van der Waals surface area contributed by atoms with Crippen LogP contribution in [0.4, 0.5) is 0 Å². The van der Waals surface area contributed by atoms with E-state index in [2.05, 4.69) is 57.2 Å². The van der Waals surface area contributed by atoms with Crippen LogP contribution >= 0.6 is 0 Å². The summed E-state index contributed by atoms with van der Waals surface area (Å²) in [6.07, 6.45) is 61.3. The molecule has 6 nitrogen and oxygen atoms in total. The predicted molar refractivity (Wildman–Crippen MR) is 270 cm³/mol. The summed E-state index contributed by atoms with van der Waals surface area (Å²) in [5, 5.41) is 0. The zero-order chi connectivity index (χ0) is 45.8. The maximum Gasteiger partial charge on any atom is 0.306 e. The Labute approximate surface area is 391 Å². The molecule has 368 valence electrons. The fourth-order valence-corrected chi connectivity index (χ4v) is 8.01. The Balaban J connectivity index is 4.30. The predicted octanol–water partition coefficient (Wildman–Crippen LogP) is 18.1. The van der Waals surface area contributed by atoms with Crippen LogP contribution in [0.25, 0.3) is 0 Å². The lowest BCUT2D eigenvalue weighted by atomic mass is 10.0. The van der Waals surface area contributed by atoms with Crippen molar-refractivity contribution < 1.29 is 28.6 Å². The number of unbranched alkanes of at least 4 members (excludes halogenated alkanes) is 33. The summed E-state index contributed by atoms with van der Waals surface area (Å²) in [5.74, 6) is -0.879. The van der Waals surface area contributed by atoms with Gasteiger partial charge in [-0.25, -0.2) is 0 Å². The Morgan fingerprint density at radius 2 is 0.619 bits per heavy atom. The van der Waals surface area contributed by atoms with Crippen LogP contribution in [0.3, 0.4) is 0 Å². The number of allylic oxidation sites excluding steroid dienone is 6. The standard InChI is InChI=1S/C57H104O6/c1-4-7-10-13-16-19-22-25-27-28-29-30-31-33-35-38-41-44-47-50-56(59)62-53-54(52-61-55(58)49-46-43-40-37-34-24-21-18-15-12-9-6-3)63-57(60)51-48-45-42-39-36-32-26-23-20-17-14-11-8-5-2/h8,11,17-18,20-21,54H,4-7,9-10,12-16,19,22-53H2,1-3H3/b11-8-,20-17-,21-18-. The number of rotatable bonds is 50. The highest BCUT2D eigenvalue weighted by molar-refractivity contribution is 5.71. The van der Waals surface area contributed by atoms with E-state index < -0.39 is 6.10 Å². The molecular weight excluding hydrogens is 781 g/mol. The lowest BCUT2D eigenvalue weighted by Gasteiger charge is -2.18. The summed E-state index contributed by atoms with van der Waals surface area (Å²) in [6, 6.07) is 0. The first-order valence-corrected chi connectivity index (χ1v) is 27.5. The fraction of sp³-hybridized carbons (Fsp3) is 0.842. The van der Waals surface area contributed by atoms with Gasteiger partial charge >= 0.3 is 17.9 Å². The van der Waals surface area contributed by atoms with Gasteiger partial charge in [-0.05, 0) is 70.6 Å². The van der Waals surface area contributed by atoms with Gasteiger partial charge < -0.3 is 14.2 Å².